The lowest BCUT2D eigenvalue weighted by molar-refractivity contribution is -0.136. The van der Waals surface area contributed by atoms with Crippen LogP contribution in [0.3, 0.4) is 0 Å². The molecule has 61 heavy (non-hydrogen) atoms. The number of nitrogen functional groups attached to an aromatic ring is 6. The molecule has 6 aromatic rings. The number of para-hydroxylation sites is 6. The van der Waals surface area contributed by atoms with Crippen molar-refractivity contribution in [3.63, 3.8) is 0 Å². The Labute approximate surface area is 356 Å². The molecule has 0 aliphatic rings. The number of aryl methyl sites for hydroxylation is 1. The normalized spacial score (nSPS) is 9.85. The van der Waals surface area contributed by atoms with Crippen molar-refractivity contribution in [2.45, 2.75) is 46.7 Å². The third-order valence-corrected chi connectivity index (χ3v) is 8.14. The Morgan fingerprint density at radius 2 is 0.967 bits per heavy atom. The van der Waals surface area contributed by atoms with Crippen LogP contribution in [-0.2, 0) is 10.9 Å². The SMILES string of the molecule is C=C(C)c1ccccc1N.CC(C)c1ccccc1N.CCOC(=O)c1ccccc1N.Cc1ccccc1N.Nc1ccccc1C(=O)O.Nc1ccccc1C(F)(F)F. The lowest BCUT2D eigenvalue weighted by atomic mass is 10.0. The molecular formula is C48H57F3N6O4. The summed E-state index contributed by atoms with van der Waals surface area (Å²) in [7, 11) is 0. The van der Waals surface area contributed by atoms with Gasteiger partial charge in [-0.25, -0.2) is 9.59 Å². The second-order valence-corrected chi connectivity index (χ2v) is 13.3. The predicted molar refractivity (Wildman–Crippen MR) is 247 cm³/mol. The third-order valence-electron chi connectivity index (χ3n) is 8.14. The average Bonchev–Trinajstić information content (AvgIpc) is 3.20. The van der Waals surface area contributed by atoms with E-state index in [-0.39, 0.29) is 17.2 Å². The van der Waals surface area contributed by atoms with Crippen molar-refractivity contribution >= 4 is 51.6 Å². The number of anilines is 6. The molecule has 0 saturated carbocycles. The van der Waals surface area contributed by atoms with E-state index in [9.17, 15) is 22.8 Å². The molecule has 0 aliphatic carbocycles. The molecule has 0 atom stereocenters. The number of carbonyl (C=O) groups excluding carboxylic acids is 1. The summed E-state index contributed by atoms with van der Waals surface area (Å²) in [6.07, 6.45) is -4.34. The minimum absolute atomic E-state index is 0.155. The van der Waals surface area contributed by atoms with Gasteiger partial charge in [0.15, 0.2) is 0 Å². The Morgan fingerprint density at radius 3 is 1.25 bits per heavy atom. The molecule has 0 bridgehead atoms. The molecule has 0 fully saturated rings. The molecule has 0 aromatic heterocycles. The van der Waals surface area contributed by atoms with Gasteiger partial charge in [-0.05, 0) is 104 Å². The molecule has 13 N–H and O–H groups in total. The first-order valence-corrected chi connectivity index (χ1v) is 18.9. The lowest BCUT2D eigenvalue weighted by Gasteiger charge is -2.07. The molecule has 0 heterocycles. The quantitative estimate of drug-likeness (QED) is 0.0643. The lowest BCUT2D eigenvalue weighted by Crippen LogP contribution is -2.07. The van der Waals surface area contributed by atoms with Gasteiger partial charge in [-0.3, -0.25) is 0 Å². The number of esters is 1. The summed E-state index contributed by atoms with van der Waals surface area (Å²) in [5.74, 6) is -0.824. The molecule has 0 saturated heterocycles. The van der Waals surface area contributed by atoms with Gasteiger partial charge in [0, 0.05) is 34.1 Å². The standard InChI is InChI=1S/C9H11NO2.C9H13N.C9H11N.C7H6F3N.C7H7NO2.C7H9N/c1-2-12-9(11)7-5-3-4-6-8(7)10;2*1-7(2)8-5-3-4-6-9(8)10;8-7(9,10)5-3-1-2-4-6(5)11;8-6-4-2-1-3-5(6)7(9)10;1-6-4-2-3-5-7(6)8/h3-6H,2,10H2,1H3;3-7H,10H2,1-2H3;3-6H,1,10H2,2H3;1-4H,11H2;1-4H,8H2,(H,9,10);2-5H,8H2,1H3. The smallest absolute Gasteiger partial charge is 0.418 e. The number of ether oxygens (including phenoxy) is 1. The van der Waals surface area contributed by atoms with Crippen molar-refractivity contribution < 1.29 is 32.6 Å². The summed E-state index contributed by atoms with van der Waals surface area (Å²) < 4.78 is 40.7. The monoisotopic (exact) mass is 838 g/mol. The zero-order valence-electron chi connectivity index (χ0n) is 35.1. The van der Waals surface area contributed by atoms with Gasteiger partial charge in [-0.2, -0.15) is 13.2 Å². The second kappa shape index (κ2) is 26.6. The van der Waals surface area contributed by atoms with E-state index in [0.29, 0.717) is 29.5 Å². The summed E-state index contributed by atoms with van der Waals surface area (Å²) in [5.41, 5.74) is 40.2. The highest BCUT2D eigenvalue weighted by atomic mass is 19.4. The summed E-state index contributed by atoms with van der Waals surface area (Å²) in [4.78, 5) is 21.5. The fourth-order valence-electron chi connectivity index (χ4n) is 4.85. The first kappa shape index (κ1) is 51.6. The number of hydrogen-bond donors (Lipinski definition) is 7. The van der Waals surface area contributed by atoms with Gasteiger partial charge in [0.1, 0.15) is 0 Å². The number of aromatic carboxylic acids is 1. The van der Waals surface area contributed by atoms with Crippen LogP contribution in [0.15, 0.2) is 152 Å². The molecule has 6 aromatic carbocycles. The van der Waals surface area contributed by atoms with Gasteiger partial charge in [0.25, 0.3) is 0 Å². The van der Waals surface area contributed by atoms with Crippen LogP contribution in [0.5, 0.6) is 0 Å². The van der Waals surface area contributed by atoms with Gasteiger partial charge in [-0.1, -0.05) is 111 Å². The highest BCUT2D eigenvalue weighted by Gasteiger charge is 2.32. The Morgan fingerprint density at radius 1 is 0.590 bits per heavy atom. The summed E-state index contributed by atoms with van der Waals surface area (Å²) in [6.45, 7) is 14.2. The summed E-state index contributed by atoms with van der Waals surface area (Å²) in [6, 6.07) is 41.7. The molecule has 13 heteroatoms. The maximum absolute atomic E-state index is 12.0. The number of benzene rings is 6. The molecule has 6 rings (SSSR count). The fraction of sp³-hybridized carbons (Fsp3) is 0.167. The van der Waals surface area contributed by atoms with Crippen LogP contribution in [0.4, 0.5) is 47.3 Å². The van der Waals surface area contributed by atoms with Crippen molar-refractivity contribution in [3.05, 3.63) is 186 Å². The minimum Gasteiger partial charge on any atom is -0.478 e. The maximum Gasteiger partial charge on any atom is 0.418 e. The highest BCUT2D eigenvalue weighted by Crippen LogP contribution is 2.32. The van der Waals surface area contributed by atoms with Crippen molar-refractivity contribution in [3.8, 4) is 0 Å². The Bertz CT molecular complexity index is 2200. The molecule has 0 spiro atoms. The van der Waals surface area contributed by atoms with E-state index in [1.54, 1.807) is 49.4 Å². The zero-order valence-corrected chi connectivity index (χ0v) is 35.1. The van der Waals surface area contributed by atoms with Crippen LogP contribution in [0.2, 0.25) is 0 Å². The molecule has 0 aliphatic heterocycles. The number of nitrogens with two attached hydrogens (primary N) is 6. The number of rotatable bonds is 5. The van der Waals surface area contributed by atoms with E-state index in [4.69, 9.17) is 44.2 Å². The van der Waals surface area contributed by atoms with Gasteiger partial charge >= 0.3 is 18.1 Å². The van der Waals surface area contributed by atoms with Crippen molar-refractivity contribution in [1.29, 1.82) is 0 Å². The topological polar surface area (TPSA) is 220 Å². The average molecular weight is 839 g/mol. The van der Waals surface area contributed by atoms with Gasteiger partial charge in [0.2, 0.25) is 0 Å². The molecule has 0 radical (unpaired) electrons. The first-order valence-electron chi connectivity index (χ1n) is 18.9. The third kappa shape index (κ3) is 19.3. The Balaban J connectivity index is 0.000000367. The number of halogens is 3. The number of carbonyl (C=O) groups is 2. The van der Waals surface area contributed by atoms with E-state index in [1.807, 2.05) is 80.6 Å². The summed E-state index contributed by atoms with van der Waals surface area (Å²) >= 11 is 0. The van der Waals surface area contributed by atoms with E-state index in [2.05, 4.69) is 26.5 Å². The van der Waals surface area contributed by atoms with E-state index in [0.717, 1.165) is 39.8 Å². The van der Waals surface area contributed by atoms with Crippen molar-refractivity contribution in [2.24, 2.45) is 0 Å². The predicted octanol–water partition coefficient (Wildman–Crippen LogP) is 11.0. The van der Waals surface area contributed by atoms with E-state index < -0.39 is 17.7 Å². The van der Waals surface area contributed by atoms with Crippen LogP contribution >= 0.6 is 0 Å². The Hall–Kier alpha value is -7.41. The van der Waals surface area contributed by atoms with Gasteiger partial charge < -0.3 is 44.2 Å². The van der Waals surface area contributed by atoms with Crippen LogP contribution in [0, 0.1) is 6.92 Å². The first-order chi connectivity index (χ1) is 28.7. The fourth-order valence-corrected chi connectivity index (χ4v) is 4.85. The largest absolute Gasteiger partial charge is 0.478 e. The van der Waals surface area contributed by atoms with Crippen LogP contribution in [-0.4, -0.2) is 23.7 Å². The van der Waals surface area contributed by atoms with Gasteiger partial charge in [0.05, 0.1) is 23.3 Å². The summed E-state index contributed by atoms with van der Waals surface area (Å²) in [5, 5.41) is 8.49. The maximum atomic E-state index is 12.0. The molecule has 0 unspecified atom stereocenters. The highest BCUT2D eigenvalue weighted by molar-refractivity contribution is 5.95. The Kier molecular flexibility index (Phi) is 22.5. The second-order valence-electron chi connectivity index (χ2n) is 13.3. The van der Waals surface area contributed by atoms with E-state index >= 15 is 0 Å². The number of carboxylic acid groups (broad SMARTS) is 1. The molecule has 10 nitrogen and oxygen atoms in total. The van der Waals surface area contributed by atoms with Crippen LogP contribution in [0.25, 0.3) is 5.57 Å². The number of hydrogen-bond acceptors (Lipinski definition) is 9. The number of carboxylic acids is 1. The van der Waals surface area contributed by atoms with Gasteiger partial charge in [-0.15, -0.1) is 0 Å². The number of alkyl halides is 3. The molecule has 0 amide bonds. The van der Waals surface area contributed by atoms with Crippen LogP contribution in [0.1, 0.15) is 76.6 Å². The van der Waals surface area contributed by atoms with Crippen LogP contribution < -0.4 is 34.4 Å². The zero-order chi connectivity index (χ0) is 46.1. The molecular weight excluding hydrogens is 782 g/mol. The minimum atomic E-state index is -4.34. The van der Waals surface area contributed by atoms with Crippen molar-refractivity contribution in [2.75, 3.05) is 41.0 Å². The van der Waals surface area contributed by atoms with Crippen molar-refractivity contribution in [1.82, 2.24) is 0 Å². The number of allylic oxidation sites excluding steroid dienone is 1. The molecule has 324 valence electrons. The van der Waals surface area contributed by atoms with E-state index in [1.165, 1.54) is 29.8 Å².